The Balaban J connectivity index is 2.41. The third-order valence-electron chi connectivity index (χ3n) is 1.99. The van der Waals surface area contributed by atoms with Crippen molar-refractivity contribution in [1.29, 1.82) is 0 Å². The smallest absolute Gasteiger partial charge is 0.344 e. The van der Waals surface area contributed by atoms with E-state index in [0.29, 0.717) is 11.5 Å². The van der Waals surface area contributed by atoms with Gasteiger partial charge in [-0.1, -0.05) is 24.3 Å². The topological polar surface area (TPSA) is 44.8 Å². The standard InChI is InChI=1S/C13H16O4/c1-3-4-9-16-13(14)10-17-12-8-6-5-7-11(12)15-2/h3-8H,9-10H2,1-2H3/b4-3+. The minimum Gasteiger partial charge on any atom is -0.493 e. The van der Waals surface area contributed by atoms with Gasteiger partial charge in [-0.2, -0.15) is 0 Å². The van der Waals surface area contributed by atoms with Crippen LogP contribution >= 0.6 is 0 Å². The van der Waals surface area contributed by atoms with Gasteiger partial charge in [0.2, 0.25) is 0 Å². The van der Waals surface area contributed by atoms with Crippen molar-refractivity contribution in [3.63, 3.8) is 0 Å². The van der Waals surface area contributed by atoms with Crippen molar-refractivity contribution in [2.24, 2.45) is 0 Å². The number of hydrogen-bond donors (Lipinski definition) is 0. The van der Waals surface area contributed by atoms with Crippen LogP contribution in [0.1, 0.15) is 6.92 Å². The zero-order chi connectivity index (χ0) is 12.5. The van der Waals surface area contributed by atoms with Crippen LogP contribution in [0, 0.1) is 0 Å². The molecule has 0 spiro atoms. The van der Waals surface area contributed by atoms with E-state index in [-0.39, 0.29) is 13.2 Å². The largest absolute Gasteiger partial charge is 0.493 e. The number of rotatable bonds is 6. The molecule has 0 aliphatic carbocycles. The Hall–Kier alpha value is -1.97. The molecular formula is C13H16O4. The predicted octanol–water partition coefficient (Wildman–Crippen LogP) is 2.19. The number of allylic oxidation sites excluding steroid dienone is 1. The van der Waals surface area contributed by atoms with Crippen molar-refractivity contribution >= 4 is 5.97 Å². The molecule has 1 aromatic rings. The molecule has 0 heterocycles. The van der Waals surface area contributed by atoms with Crippen LogP contribution in [-0.4, -0.2) is 26.3 Å². The number of para-hydroxylation sites is 2. The first-order chi connectivity index (χ1) is 8.27. The third kappa shape index (κ3) is 4.59. The SMILES string of the molecule is C/C=C/COC(=O)COc1ccccc1OC. The molecule has 0 radical (unpaired) electrons. The average molecular weight is 236 g/mol. The van der Waals surface area contributed by atoms with Crippen molar-refractivity contribution in [2.75, 3.05) is 20.3 Å². The summed E-state index contributed by atoms with van der Waals surface area (Å²) < 4.78 is 15.3. The van der Waals surface area contributed by atoms with Crippen LogP contribution in [0.5, 0.6) is 11.5 Å². The van der Waals surface area contributed by atoms with E-state index in [2.05, 4.69) is 0 Å². The van der Waals surface area contributed by atoms with E-state index < -0.39 is 5.97 Å². The van der Waals surface area contributed by atoms with Crippen LogP contribution in [0.3, 0.4) is 0 Å². The first-order valence-electron chi connectivity index (χ1n) is 5.30. The molecule has 0 saturated carbocycles. The lowest BCUT2D eigenvalue weighted by Gasteiger charge is -2.09. The molecule has 0 saturated heterocycles. The number of benzene rings is 1. The summed E-state index contributed by atoms with van der Waals surface area (Å²) in [5.74, 6) is 0.709. The van der Waals surface area contributed by atoms with E-state index in [1.54, 1.807) is 25.3 Å². The molecule has 17 heavy (non-hydrogen) atoms. The molecule has 1 rings (SSSR count). The summed E-state index contributed by atoms with van der Waals surface area (Å²) in [5.41, 5.74) is 0. The lowest BCUT2D eigenvalue weighted by Crippen LogP contribution is -2.15. The number of carbonyl (C=O) groups excluding carboxylic acids is 1. The van der Waals surface area contributed by atoms with Crippen molar-refractivity contribution in [1.82, 2.24) is 0 Å². The molecule has 1 aromatic carbocycles. The van der Waals surface area contributed by atoms with E-state index in [4.69, 9.17) is 14.2 Å². The summed E-state index contributed by atoms with van der Waals surface area (Å²) in [4.78, 5) is 11.3. The van der Waals surface area contributed by atoms with E-state index >= 15 is 0 Å². The van der Waals surface area contributed by atoms with Crippen LogP contribution in [0.2, 0.25) is 0 Å². The van der Waals surface area contributed by atoms with Crippen molar-refractivity contribution in [3.8, 4) is 11.5 Å². The fourth-order valence-electron chi connectivity index (χ4n) is 1.15. The Morgan fingerprint density at radius 3 is 2.65 bits per heavy atom. The normalized spacial score (nSPS) is 10.2. The molecule has 0 N–H and O–H groups in total. The van der Waals surface area contributed by atoms with Gasteiger partial charge < -0.3 is 14.2 Å². The number of esters is 1. The molecule has 0 aliphatic heterocycles. The highest BCUT2D eigenvalue weighted by Gasteiger charge is 2.06. The first kappa shape index (κ1) is 13.1. The van der Waals surface area contributed by atoms with Gasteiger partial charge in [-0.15, -0.1) is 0 Å². The summed E-state index contributed by atoms with van der Waals surface area (Å²) in [7, 11) is 1.55. The minimum absolute atomic E-state index is 0.127. The molecule has 0 bridgehead atoms. The van der Waals surface area contributed by atoms with Crippen LogP contribution in [0.25, 0.3) is 0 Å². The van der Waals surface area contributed by atoms with Gasteiger partial charge >= 0.3 is 5.97 Å². The van der Waals surface area contributed by atoms with E-state index in [9.17, 15) is 4.79 Å². The quantitative estimate of drug-likeness (QED) is 0.561. The van der Waals surface area contributed by atoms with Crippen molar-refractivity contribution in [3.05, 3.63) is 36.4 Å². The van der Waals surface area contributed by atoms with E-state index in [1.807, 2.05) is 25.1 Å². The summed E-state index contributed by atoms with van der Waals surface area (Å²) in [6.07, 6.45) is 3.56. The highest BCUT2D eigenvalue weighted by Crippen LogP contribution is 2.25. The maximum atomic E-state index is 11.3. The van der Waals surface area contributed by atoms with Gasteiger partial charge in [0.05, 0.1) is 7.11 Å². The minimum atomic E-state index is -0.408. The summed E-state index contributed by atoms with van der Waals surface area (Å²) >= 11 is 0. The Labute approximate surface area is 101 Å². The predicted molar refractivity (Wildman–Crippen MR) is 64.3 cm³/mol. The number of ether oxygens (including phenoxy) is 3. The Kier molecular flexibility index (Phi) is 5.64. The van der Waals surface area contributed by atoms with Crippen LogP contribution < -0.4 is 9.47 Å². The van der Waals surface area contributed by atoms with Crippen LogP contribution in [0.4, 0.5) is 0 Å². The molecule has 0 aliphatic rings. The monoisotopic (exact) mass is 236 g/mol. The summed E-state index contributed by atoms with van der Waals surface area (Å²) in [6.45, 7) is 2.00. The van der Waals surface area contributed by atoms with Crippen molar-refractivity contribution < 1.29 is 19.0 Å². The third-order valence-corrected chi connectivity index (χ3v) is 1.99. The Morgan fingerprint density at radius 1 is 1.29 bits per heavy atom. The highest BCUT2D eigenvalue weighted by atomic mass is 16.6. The van der Waals surface area contributed by atoms with Gasteiger partial charge in [-0.05, 0) is 19.1 Å². The van der Waals surface area contributed by atoms with Crippen molar-refractivity contribution in [2.45, 2.75) is 6.92 Å². The highest BCUT2D eigenvalue weighted by molar-refractivity contribution is 5.71. The maximum Gasteiger partial charge on any atom is 0.344 e. The average Bonchev–Trinajstić information content (AvgIpc) is 2.37. The molecule has 0 unspecified atom stereocenters. The molecule has 0 fully saturated rings. The van der Waals surface area contributed by atoms with Gasteiger partial charge in [0, 0.05) is 0 Å². The molecule has 0 atom stereocenters. The van der Waals surface area contributed by atoms with Crippen LogP contribution in [0.15, 0.2) is 36.4 Å². The number of carbonyl (C=O) groups is 1. The zero-order valence-corrected chi connectivity index (χ0v) is 10.0. The van der Waals surface area contributed by atoms with Gasteiger partial charge in [0.25, 0.3) is 0 Å². The van der Waals surface area contributed by atoms with E-state index in [1.165, 1.54) is 0 Å². The lowest BCUT2D eigenvalue weighted by molar-refractivity contribution is -0.144. The molecule has 0 amide bonds. The number of methoxy groups -OCH3 is 1. The Morgan fingerprint density at radius 2 is 2.00 bits per heavy atom. The number of hydrogen-bond acceptors (Lipinski definition) is 4. The summed E-state index contributed by atoms with van der Waals surface area (Å²) in [5, 5.41) is 0. The summed E-state index contributed by atoms with van der Waals surface area (Å²) in [6, 6.07) is 7.14. The second kappa shape index (κ2) is 7.33. The fraction of sp³-hybridized carbons (Fsp3) is 0.308. The van der Waals surface area contributed by atoms with E-state index in [0.717, 1.165) is 0 Å². The molecule has 0 aromatic heterocycles. The fourth-order valence-corrected chi connectivity index (χ4v) is 1.15. The van der Waals surface area contributed by atoms with Gasteiger partial charge in [0.15, 0.2) is 18.1 Å². The Bertz CT molecular complexity index is 385. The first-order valence-corrected chi connectivity index (χ1v) is 5.30. The van der Waals surface area contributed by atoms with Gasteiger partial charge in [0.1, 0.15) is 6.61 Å². The maximum absolute atomic E-state index is 11.3. The molecule has 4 nitrogen and oxygen atoms in total. The second-order valence-corrected chi connectivity index (χ2v) is 3.19. The van der Waals surface area contributed by atoms with Gasteiger partial charge in [-0.25, -0.2) is 4.79 Å². The molecule has 92 valence electrons. The zero-order valence-electron chi connectivity index (χ0n) is 10.0. The second-order valence-electron chi connectivity index (χ2n) is 3.19. The molecule has 4 heteroatoms. The lowest BCUT2D eigenvalue weighted by atomic mass is 10.3. The molecular weight excluding hydrogens is 220 g/mol. The van der Waals surface area contributed by atoms with Crippen LogP contribution in [-0.2, 0) is 9.53 Å². The van der Waals surface area contributed by atoms with Gasteiger partial charge in [-0.3, -0.25) is 0 Å².